The number of thiocyanates is 1. The third-order valence-corrected chi connectivity index (χ3v) is 3.50. The first-order valence-corrected chi connectivity index (χ1v) is 6.16. The van der Waals surface area contributed by atoms with E-state index >= 15 is 0 Å². The van der Waals surface area contributed by atoms with Gasteiger partial charge in [0.25, 0.3) is 0 Å². The van der Waals surface area contributed by atoms with E-state index in [1.165, 1.54) is 18.2 Å². The van der Waals surface area contributed by atoms with E-state index in [1.807, 2.05) is 0 Å². The molecular formula is C9H3Cl4NOS. The molecule has 1 aromatic carbocycles. The minimum atomic E-state index is -1.87. The van der Waals surface area contributed by atoms with Crippen molar-refractivity contribution in [2.24, 2.45) is 0 Å². The number of alkyl halides is 2. The summed E-state index contributed by atoms with van der Waals surface area (Å²) in [5.74, 6) is -0.649. The Morgan fingerprint density at radius 1 is 1.38 bits per heavy atom. The first-order chi connectivity index (χ1) is 7.38. The van der Waals surface area contributed by atoms with Gasteiger partial charge in [-0.3, -0.25) is 4.79 Å². The monoisotopic (exact) mass is 313 g/mol. The Balaban J connectivity index is 3.11. The van der Waals surface area contributed by atoms with Crippen molar-refractivity contribution in [3.8, 4) is 5.40 Å². The topological polar surface area (TPSA) is 40.9 Å². The molecule has 16 heavy (non-hydrogen) atoms. The summed E-state index contributed by atoms with van der Waals surface area (Å²) in [6.45, 7) is 0. The Bertz CT molecular complexity index is 469. The summed E-state index contributed by atoms with van der Waals surface area (Å²) in [5.41, 5.74) is 0.124. The first-order valence-electron chi connectivity index (χ1n) is 3.83. The molecular weight excluding hydrogens is 312 g/mol. The van der Waals surface area contributed by atoms with Gasteiger partial charge in [0.15, 0.2) is 0 Å². The van der Waals surface area contributed by atoms with Gasteiger partial charge in [-0.15, -0.1) is 0 Å². The molecule has 0 unspecified atom stereocenters. The van der Waals surface area contributed by atoms with Crippen molar-refractivity contribution >= 4 is 63.9 Å². The Kier molecular flexibility index (Phi) is 4.78. The van der Waals surface area contributed by atoms with Gasteiger partial charge in [0.1, 0.15) is 5.40 Å². The highest BCUT2D eigenvalue weighted by atomic mass is 35.5. The van der Waals surface area contributed by atoms with Crippen molar-refractivity contribution in [1.29, 1.82) is 5.26 Å². The number of halogens is 4. The molecule has 0 aromatic heterocycles. The van der Waals surface area contributed by atoms with Crippen molar-refractivity contribution in [2.75, 3.05) is 0 Å². The summed E-state index contributed by atoms with van der Waals surface area (Å²) in [6, 6.07) is 4.29. The predicted molar refractivity (Wildman–Crippen MR) is 68.4 cm³/mol. The lowest BCUT2D eigenvalue weighted by molar-refractivity contribution is 0.0999. The zero-order valence-electron chi connectivity index (χ0n) is 7.51. The molecule has 0 atom stereocenters. The lowest BCUT2D eigenvalue weighted by atomic mass is 10.1. The summed E-state index contributed by atoms with van der Waals surface area (Å²) in [7, 11) is 0. The van der Waals surface area contributed by atoms with E-state index in [0.717, 1.165) is 0 Å². The fraction of sp³-hybridized carbons (Fsp3) is 0.111. The van der Waals surface area contributed by atoms with Crippen LogP contribution >= 0.6 is 58.2 Å². The van der Waals surface area contributed by atoms with Crippen LogP contribution < -0.4 is 0 Å². The number of benzene rings is 1. The number of nitriles is 1. The van der Waals surface area contributed by atoms with E-state index in [0.29, 0.717) is 16.8 Å². The summed E-state index contributed by atoms with van der Waals surface area (Å²) >= 11 is 23.3. The van der Waals surface area contributed by atoms with Crippen molar-refractivity contribution < 1.29 is 4.79 Å². The molecule has 0 bridgehead atoms. The molecule has 0 saturated heterocycles. The Hall–Kier alpha value is -0.110. The molecule has 0 fully saturated rings. The van der Waals surface area contributed by atoms with Gasteiger partial charge in [-0.05, 0) is 18.2 Å². The maximum atomic E-state index is 11.8. The second kappa shape index (κ2) is 5.48. The van der Waals surface area contributed by atoms with E-state index in [9.17, 15) is 4.79 Å². The highest BCUT2D eigenvalue weighted by molar-refractivity contribution is 8.08. The normalized spacial score (nSPS) is 10.9. The second-order valence-corrected chi connectivity index (χ2v) is 6.28. The van der Waals surface area contributed by atoms with E-state index < -0.39 is 9.45 Å². The fourth-order valence-corrected chi connectivity index (χ4v) is 2.16. The summed E-state index contributed by atoms with van der Waals surface area (Å²) < 4.78 is -1.87. The number of rotatable bonds is 3. The van der Waals surface area contributed by atoms with Gasteiger partial charge >= 0.3 is 0 Å². The fourth-order valence-electron chi connectivity index (χ4n) is 0.934. The quantitative estimate of drug-likeness (QED) is 0.468. The summed E-state index contributed by atoms with van der Waals surface area (Å²) in [4.78, 5) is 11.8. The van der Waals surface area contributed by atoms with Crippen LogP contribution in [0.1, 0.15) is 10.4 Å². The number of nitrogens with zero attached hydrogens (tertiary/aromatic N) is 1. The largest absolute Gasteiger partial charge is 0.290 e. The van der Waals surface area contributed by atoms with Crippen LogP contribution in [0, 0.1) is 10.7 Å². The molecule has 0 aliphatic rings. The second-order valence-electron chi connectivity index (χ2n) is 2.66. The standard InChI is InChI=1S/C9H3Cl4NOS/c10-5-1-2-6(7(11)3-5)8(15)9(12,13)16-4-14/h1-3H. The smallest absolute Gasteiger partial charge is 0.238 e. The summed E-state index contributed by atoms with van der Waals surface area (Å²) in [6.07, 6.45) is 0. The maximum absolute atomic E-state index is 11.8. The minimum Gasteiger partial charge on any atom is -0.290 e. The molecule has 0 aliphatic carbocycles. The number of carbonyl (C=O) groups excluding carboxylic acids is 1. The molecule has 0 saturated carbocycles. The van der Waals surface area contributed by atoms with Crippen molar-refractivity contribution in [2.45, 2.75) is 3.67 Å². The molecule has 7 heteroatoms. The van der Waals surface area contributed by atoms with Crippen molar-refractivity contribution in [1.82, 2.24) is 0 Å². The van der Waals surface area contributed by atoms with Crippen molar-refractivity contribution in [3.05, 3.63) is 33.8 Å². The van der Waals surface area contributed by atoms with E-state index in [1.54, 1.807) is 5.40 Å². The molecule has 0 spiro atoms. The van der Waals surface area contributed by atoms with Gasteiger partial charge in [0.05, 0.1) is 5.02 Å². The number of Topliss-reactive ketones (excluding diaryl/α,β-unsaturated/α-hetero) is 1. The predicted octanol–water partition coefficient (Wildman–Crippen LogP) is 4.52. The Morgan fingerprint density at radius 3 is 2.50 bits per heavy atom. The van der Waals surface area contributed by atoms with Crippen LogP contribution in [0.4, 0.5) is 0 Å². The number of hydrogen-bond acceptors (Lipinski definition) is 3. The molecule has 0 radical (unpaired) electrons. The van der Waals surface area contributed by atoms with Crippen LogP contribution in [-0.4, -0.2) is 9.45 Å². The molecule has 2 nitrogen and oxygen atoms in total. The SMILES string of the molecule is N#CSC(Cl)(Cl)C(=O)c1ccc(Cl)cc1Cl. The minimum absolute atomic E-state index is 0.124. The number of hydrogen-bond donors (Lipinski definition) is 0. The molecule has 0 heterocycles. The lowest BCUT2D eigenvalue weighted by Crippen LogP contribution is -2.21. The first kappa shape index (κ1) is 14.0. The highest BCUT2D eigenvalue weighted by Crippen LogP contribution is 2.39. The van der Waals surface area contributed by atoms with Gasteiger partial charge in [-0.1, -0.05) is 46.4 Å². The van der Waals surface area contributed by atoms with Gasteiger partial charge in [-0.2, -0.15) is 5.26 Å². The zero-order chi connectivity index (χ0) is 12.3. The Labute approximate surface area is 116 Å². The highest BCUT2D eigenvalue weighted by Gasteiger charge is 2.36. The molecule has 84 valence electrons. The van der Waals surface area contributed by atoms with Gasteiger partial charge in [-0.25, -0.2) is 0 Å². The number of carbonyl (C=O) groups is 1. The zero-order valence-corrected chi connectivity index (χ0v) is 11.3. The van der Waals surface area contributed by atoms with Crippen LogP contribution in [0.5, 0.6) is 0 Å². The lowest BCUT2D eigenvalue weighted by Gasteiger charge is -2.14. The van der Waals surface area contributed by atoms with E-state index in [4.69, 9.17) is 51.7 Å². The van der Waals surface area contributed by atoms with Crippen LogP contribution in [0.15, 0.2) is 18.2 Å². The third kappa shape index (κ3) is 3.19. The van der Waals surface area contributed by atoms with Crippen molar-refractivity contribution in [3.63, 3.8) is 0 Å². The van der Waals surface area contributed by atoms with Gasteiger partial charge in [0, 0.05) is 22.3 Å². The van der Waals surface area contributed by atoms with Crippen LogP contribution in [0.2, 0.25) is 10.0 Å². The average Bonchev–Trinajstić information content (AvgIpc) is 2.16. The Morgan fingerprint density at radius 2 is 2.00 bits per heavy atom. The van der Waals surface area contributed by atoms with Crippen LogP contribution in [0.3, 0.4) is 0 Å². The molecule has 0 amide bonds. The average molecular weight is 315 g/mol. The van der Waals surface area contributed by atoms with Gasteiger partial charge < -0.3 is 0 Å². The van der Waals surface area contributed by atoms with E-state index in [2.05, 4.69) is 0 Å². The molecule has 0 N–H and O–H groups in total. The molecule has 1 aromatic rings. The van der Waals surface area contributed by atoms with E-state index in [-0.39, 0.29) is 10.6 Å². The summed E-state index contributed by atoms with van der Waals surface area (Å²) in [5, 5.41) is 10.6. The molecule has 0 aliphatic heterocycles. The van der Waals surface area contributed by atoms with Crippen LogP contribution in [0.25, 0.3) is 0 Å². The van der Waals surface area contributed by atoms with Gasteiger partial charge in [0.2, 0.25) is 9.45 Å². The third-order valence-electron chi connectivity index (χ3n) is 1.61. The van der Waals surface area contributed by atoms with Crippen LogP contribution in [-0.2, 0) is 0 Å². The molecule has 1 rings (SSSR count). The number of thioether (sulfide) groups is 1. The maximum Gasteiger partial charge on any atom is 0.238 e. The number of ketones is 1.